The minimum atomic E-state index is 0.631. The van der Waals surface area contributed by atoms with Gasteiger partial charge in [-0.1, -0.05) is 52.2 Å². The summed E-state index contributed by atoms with van der Waals surface area (Å²) in [5.74, 6) is 0.806. The van der Waals surface area contributed by atoms with Gasteiger partial charge in [0.25, 0.3) is 0 Å². The number of hydrogen-bond donors (Lipinski definition) is 1. The molecule has 1 aromatic carbocycles. The first kappa shape index (κ1) is 18.0. The van der Waals surface area contributed by atoms with Gasteiger partial charge in [0.15, 0.2) is 0 Å². The van der Waals surface area contributed by atoms with Crippen LogP contribution in [0.15, 0.2) is 24.3 Å². The molecule has 0 aliphatic heterocycles. The fraction of sp³-hybridized carbons (Fsp3) is 0.667. The van der Waals surface area contributed by atoms with E-state index in [0.29, 0.717) is 6.04 Å². The van der Waals surface area contributed by atoms with Crippen molar-refractivity contribution < 1.29 is 0 Å². The van der Waals surface area contributed by atoms with Gasteiger partial charge >= 0.3 is 0 Å². The molecule has 20 heavy (non-hydrogen) atoms. The molecule has 2 atom stereocenters. The number of unbranched alkanes of at least 4 members (excludes halogenated alkanes) is 1. The summed E-state index contributed by atoms with van der Waals surface area (Å²) in [5.41, 5.74) is 1.47. The van der Waals surface area contributed by atoms with Crippen LogP contribution in [0.25, 0.3) is 0 Å². The summed E-state index contributed by atoms with van der Waals surface area (Å²) < 4.78 is 1.32. The van der Waals surface area contributed by atoms with Gasteiger partial charge in [-0.25, -0.2) is 0 Å². The molecule has 2 heteroatoms. The molecule has 0 aliphatic carbocycles. The summed E-state index contributed by atoms with van der Waals surface area (Å²) in [6.45, 7) is 8.02. The van der Waals surface area contributed by atoms with Crippen LogP contribution in [-0.2, 0) is 6.42 Å². The third-order valence-electron chi connectivity index (χ3n) is 4.05. The number of hydrogen-bond acceptors (Lipinski definition) is 1. The minimum Gasteiger partial charge on any atom is -0.313 e. The van der Waals surface area contributed by atoms with E-state index in [9.17, 15) is 0 Å². The molecule has 1 N–H and O–H groups in total. The van der Waals surface area contributed by atoms with Crippen molar-refractivity contribution in [1.82, 2.24) is 5.32 Å². The van der Waals surface area contributed by atoms with Gasteiger partial charge in [-0.15, -0.1) is 0 Å². The van der Waals surface area contributed by atoms with Crippen LogP contribution in [0.5, 0.6) is 0 Å². The Morgan fingerprint density at radius 1 is 1.05 bits per heavy atom. The van der Waals surface area contributed by atoms with Gasteiger partial charge in [0.2, 0.25) is 0 Å². The number of benzene rings is 1. The molecule has 0 spiro atoms. The summed E-state index contributed by atoms with van der Waals surface area (Å²) in [7, 11) is 0. The topological polar surface area (TPSA) is 12.0 Å². The SMILES string of the molecule is CCCCC(CC)C(Cc1ccc(I)cc1)NCCC. The number of rotatable bonds is 10. The van der Waals surface area contributed by atoms with Crippen LogP contribution < -0.4 is 5.32 Å². The third-order valence-corrected chi connectivity index (χ3v) is 4.77. The van der Waals surface area contributed by atoms with Gasteiger partial charge in [0.1, 0.15) is 0 Å². The van der Waals surface area contributed by atoms with E-state index in [-0.39, 0.29) is 0 Å². The molecule has 0 fully saturated rings. The fourth-order valence-corrected chi connectivity index (χ4v) is 3.13. The predicted molar refractivity (Wildman–Crippen MR) is 98.3 cm³/mol. The second-order valence-corrected chi connectivity index (χ2v) is 6.95. The van der Waals surface area contributed by atoms with Crippen LogP contribution in [0.2, 0.25) is 0 Å². The van der Waals surface area contributed by atoms with E-state index in [2.05, 4.69) is 72.9 Å². The molecule has 0 saturated carbocycles. The van der Waals surface area contributed by atoms with Gasteiger partial charge in [-0.2, -0.15) is 0 Å². The number of halogens is 1. The first-order valence-electron chi connectivity index (χ1n) is 8.19. The van der Waals surface area contributed by atoms with Gasteiger partial charge in [-0.05, 0) is 72.0 Å². The van der Waals surface area contributed by atoms with Crippen molar-refractivity contribution in [2.24, 2.45) is 5.92 Å². The van der Waals surface area contributed by atoms with Crippen molar-refractivity contribution in [3.8, 4) is 0 Å². The minimum absolute atomic E-state index is 0.631. The van der Waals surface area contributed by atoms with Crippen molar-refractivity contribution in [3.05, 3.63) is 33.4 Å². The predicted octanol–water partition coefficient (Wildman–Crippen LogP) is 5.42. The lowest BCUT2D eigenvalue weighted by Crippen LogP contribution is -2.38. The lowest BCUT2D eigenvalue weighted by molar-refractivity contribution is 0.315. The van der Waals surface area contributed by atoms with Crippen molar-refractivity contribution in [2.75, 3.05) is 6.54 Å². The quantitative estimate of drug-likeness (QED) is 0.529. The van der Waals surface area contributed by atoms with Crippen LogP contribution in [0.1, 0.15) is 58.4 Å². The maximum Gasteiger partial charge on any atom is 0.0136 e. The molecule has 1 rings (SSSR count). The molecular weight excluding hydrogens is 357 g/mol. The molecule has 2 unspecified atom stereocenters. The third kappa shape index (κ3) is 6.57. The summed E-state index contributed by atoms with van der Waals surface area (Å²) >= 11 is 2.38. The van der Waals surface area contributed by atoms with E-state index in [0.717, 1.165) is 12.5 Å². The highest BCUT2D eigenvalue weighted by Crippen LogP contribution is 2.21. The van der Waals surface area contributed by atoms with Gasteiger partial charge in [-0.3, -0.25) is 0 Å². The Balaban J connectivity index is 2.68. The summed E-state index contributed by atoms with van der Waals surface area (Å²) in [6, 6.07) is 9.65. The lowest BCUT2D eigenvalue weighted by atomic mass is 9.87. The highest BCUT2D eigenvalue weighted by atomic mass is 127. The van der Waals surface area contributed by atoms with Gasteiger partial charge < -0.3 is 5.32 Å². The first-order chi connectivity index (χ1) is 9.71. The number of nitrogens with one attached hydrogen (secondary N) is 1. The van der Waals surface area contributed by atoms with E-state index in [4.69, 9.17) is 0 Å². The molecular formula is C18H30IN. The second kappa shape index (κ2) is 10.6. The maximum absolute atomic E-state index is 3.79. The van der Waals surface area contributed by atoms with E-state index >= 15 is 0 Å². The highest BCUT2D eigenvalue weighted by Gasteiger charge is 2.19. The smallest absolute Gasteiger partial charge is 0.0136 e. The Kier molecular flexibility index (Phi) is 9.53. The van der Waals surface area contributed by atoms with Crippen LogP contribution >= 0.6 is 22.6 Å². The highest BCUT2D eigenvalue weighted by molar-refractivity contribution is 14.1. The van der Waals surface area contributed by atoms with Crippen LogP contribution in [0.3, 0.4) is 0 Å². The Bertz CT molecular complexity index is 347. The Hall–Kier alpha value is -0.0900. The molecule has 0 bridgehead atoms. The fourth-order valence-electron chi connectivity index (χ4n) is 2.77. The molecule has 1 aromatic rings. The zero-order chi connectivity index (χ0) is 14.8. The monoisotopic (exact) mass is 387 g/mol. The van der Waals surface area contributed by atoms with Gasteiger partial charge in [0, 0.05) is 9.61 Å². The summed E-state index contributed by atoms with van der Waals surface area (Å²) in [6.07, 6.45) is 7.69. The molecule has 0 saturated heterocycles. The normalized spacial score (nSPS) is 14.2. The second-order valence-electron chi connectivity index (χ2n) is 5.70. The largest absolute Gasteiger partial charge is 0.313 e. The van der Waals surface area contributed by atoms with Crippen molar-refractivity contribution in [1.29, 1.82) is 0 Å². The van der Waals surface area contributed by atoms with Crippen LogP contribution in [0.4, 0.5) is 0 Å². The van der Waals surface area contributed by atoms with Crippen molar-refractivity contribution in [2.45, 2.75) is 65.3 Å². The summed E-state index contributed by atoms with van der Waals surface area (Å²) in [4.78, 5) is 0. The Morgan fingerprint density at radius 3 is 2.30 bits per heavy atom. The molecule has 0 radical (unpaired) electrons. The molecule has 0 amide bonds. The first-order valence-corrected chi connectivity index (χ1v) is 9.26. The molecule has 0 aromatic heterocycles. The maximum atomic E-state index is 3.79. The standard InChI is InChI=1S/C18H30IN/c1-4-7-8-16(6-3)18(20-13-5-2)14-15-9-11-17(19)12-10-15/h9-12,16,18,20H,4-8,13-14H2,1-3H3. The Labute approximate surface area is 139 Å². The van der Waals surface area contributed by atoms with Gasteiger partial charge in [0.05, 0.1) is 0 Å². The average Bonchev–Trinajstić information content (AvgIpc) is 2.47. The van der Waals surface area contributed by atoms with Crippen LogP contribution in [0, 0.1) is 9.49 Å². The van der Waals surface area contributed by atoms with E-state index in [1.807, 2.05) is 0 Å². The Morgan fingerprint density at radius 2 is 1.75 bits per heavy atom. The van der Waals surface area contributed by atoms with E-state index in [1.54, 1.807) is 0 Å². The van der Waals surface area contributed by atoms with Crippen molar-refractivity contribution in [3.63, 3.8) is 0 Å². The van der Waals surface area contributed by atoms with Crippen LogP contribution in [-0.4, -0.2) is 12.6 Å². The van der Waals surface area contributed by atoms with E-state index in [1.165, 1.54) is 47.7 Å². The zero-order valence-corrected chi connectivity index (χ0v) is 15.4. The molecule has 0 heterocycles. The lowest BCUT2D eigenvalue weighted by Gasteiger charge is -2.28. The zero-order valence-electron chi connectivity index (χ0n) is 13.3. The molecule has 1 nitrogen and oxygen atoms in total. The summed E-state index contributed by atoms with van der Waals surface area (Å²) in [5, 5.41) is 3.79. The average molecular weight is 387 g/mol. The van der Waals surface area contributed by atoms with Crippen molar-refractivity contribution >= 4 is 22.6 Å². The molecule has 114 valence electrons. The molecule has 0 aliphatic rings. The van der Waals surface area contributed by atoms with E-state index < -0.39 is 0 Å².